The van der Waals surface area contributed by atoms with Crippen LogP contribution in [0.5, 0.6) is 0 Å². The summed E-state index contributed by atoms with van der Waals surface area (Å²) in [7, 11) is -3.55. The van der Waals surface area contributed by atoms with Crippen molar-refractivity contribution in [3.05, 3.63) is 40.4 Å². The molecule has 0 bridgehead atoms. The van der Waals surface area contributed by atoms with Crippen molar-refractivity contribution in [2.24, 2.45) is 0 Å². The number of amides is 1. The summed E-state index contributed by atoms with van der Waals surface area (Å²) in [5.74, 6) is -0.846. The molecule has 1 aromatic carbocycles. The predicted octanol–water partition coefficient (Wildman–Crippen LogP) is 2.53. The Kier molecular flexibility index (Phi) is 5.66. The van der Waals surface area contributed by atoms with Crippen LogP contribution in [0.1, 0.15) is 12.5 Å². The Morgan fingerprint density at radius 1 is 1.42 bits per heavy atom. The second-order valence-electron chi connectivity index (χ2n) is 4.46. The molecule has 1 aromatic heterocycles. The van der Waals surface area contributed by atoms with Gasteiger partial charge in [0, 0.05) is 16.6 Å². The number of halogens is 1. The Morgan fingerprint density at radius 2 is 2.08 bits per heavy atom. The van der Waals surface area contributed by atoms with E-state index in [1.165, 1.54) is 13.0 Å². The molecule has 10 heteroatoms. The molecule has 2 rings (SSSR count). The summed E-state index contributed by atoms with van der Waals surface area (Å²) in [6.45, 7) is 1.47. The first-order valence-corrected chi connectivity index (χ1v) is 9.41. The minimum Gasteiger partial charge on any atom is -0.296 e. The lowest BCUT2D eigenvalue weighted by atomic mass is 10.1. The molecule has 0 unspecified atom stereocenters. The van der Waals surface area contributed by atoms with Crippen molar-refractivity contribution >= 4 is 50.1 Å². The van der Waals surface area contributed by atoms with Crippen LogP contribution < -0.4 is 5.32 Å². The van der Waals surface area contributed by atoms with Crippen molar-refractivity contribution in [1.82, 2.24) is 9.36 Å². The maximum Gasteiger partial charge on any atom is 0.268 e. The van der Waals surface area contributed by atoms with Crippen LogP contribution in [0, 0.1) is 11.3 Å². The fourth-order valence-electron chi connectivity index (χ4n) is 1.55. The van der Waals surface area contributed by atoms with E-state index in [4.69, 9.17) is 16.9 Å². The number of nitrogens with one attached hydrogen (secondary N) is 1. The Bertz CT molecular complexity index is 928. The van der Waals surface area contributed by atoms with Crippen molar-refractivity contribution in [2.75, 3.05) is 11.1 Å². The molecule has 1 N–H and O–H groups in total. The summed E-state index contributed by atoms with van der Waals surface area (Å²) in [5.41, 5.74) is 0.463. The number of aromatic nitrogens is 2. The van der Waals surface area contributed by atoms with E-state index in [0.29, 0.717) is 10.6 Å². The first-order valence-electron chi connectivity index (χ1n) is 6.61. The lowest BCUT2D eigenvalue weighted by Gasteiger charge is -2.00. The average molecular weight is 383 g/mol. The molecular weight excluding hydrogens is 372 g/mol. The zero-order valence-corrected chi connectivity index (χ0v) is 14.7. The zero-order valence-electron chi connectivity index (χ0n) is 12.4. The number of hydrogen-bond acceptors (Lipinski definition) is 7. The van der Waals surface area contributed by atoms with Gasteiger partial charge in [0.15, 0.2) is 0 Å². The van der Waals surface area contributed by atoms with Crippen molar-refractivity contribution in [3.63, 3.8) is 0 Å². The highest BCUT2D eigenvalue weighted by Gasteiger charge is 2.19. The van der Waals surface area contributed by atoms with E-state index in [9.17, 15) is 13.2 Å². The van der Waals surface area contributed by atoms with E-state index in [-0.39, 0.29) is 21.6 Å². The quantitative estimate of drug-likeness (QED) is 0.628. The monoisotopic (exact) mass is 382 g/mol. The Morgan fingerprint density at radius 3 is 2.67 bits per heavy atom. The summed E-state index contributed by atoms with van der Waals surface area (Å²) in [5, 5.41) is 11.7. The largest absolute Gasteiger partial charge is 0.296 e. The molecule has 7 nitrogen and oxygen atoms in total. The molecule has 0 fully saturated rings. The standard InChI is InChI=1S/C14H11ClN4O3S2/c1-2-24(21,22)14-18-13(23-19-14)17-12(20)10(8-16)7-9-3-5-11(15)6-4-9/h3-7H,2H2,1H3,(H,17,18,19,20)/b10-7-. The normalized spacial score (nSPS) is 11.8. The molecule has 0 radical (unpaired) electrons. The summed E-state index contributed by atoms with van der Waals surface area (Å²) in [6.07, 6.45) is 1.39. The van der Waals surface area contributed by atoms with E-state index in [0.717, 1.165) is 11.5 Å². The SMILES string of the molecule is CCS(=O)(=O)c1nsc(NC(=O)/C(C#N)=C\c2ccc(Cl)cc2)n1. The lowest BCUT2D eigenvalue weighted by Crippen LogP contribution is -2.13. The van der Waals surface area contributed by atoms with Gasteiger partial charge in [-0.25, -0.2) is 8.42 Å². The average Bonchev–Trinajstić information content (AvgIpc) is 3.03. The number of anilines is 1. The van der Waals surface area contributed by atoms with Gasteiger partial charge in [-0.05, 0) is 23.8 Å². The number of carbonyl (C=O) groups excluding carboxylic acids is 1. The fraction of sp³-hybridized carbons (Fsp3) is 0.143. The van der Waals surface area contributed by atoms with E-state index in [1.54, 1.807) is 30.3 Å². The highest BCUT2D eigenvalue weighted by molar-refractivity contribution is 7.91. The first-order chi connectivity index (χ1) is 11.4. The van der Waals surface area contributed by atoms with E-state index < -0.39 is 15.7 Å². The molecule has 0 saturated carbocycles. The highest BCUT2D eigenvalue weighted by Crippen LogP contribution is 2.17. The molecule has 2 aromatic rings. The minimum absolute atomic E-state index is 0.00396. The Labute approximate surface area is 147 Å². The van der Waals surface area contributed by atoms with Gasteiger partial charge in [0.05, 0.1) is 5.75 Å². The van der Waals surface area contributed by atoms with Crippen molar-refractivity contribution in [3.8, 4) is 6.07 Å². The van der Waals surface area contributed by atoms with Crippen LogP contribution in [0.15, 0.2) is 35.0 Å². The first kappa shape index (κ1) is 18.1. The number of carbonyl (C=O) groups is 1. The van der Waals surface area contributed by atoms with Gasteiger partial charge in [-0.1, -0.05) is 30.7 Å². The van der Waals surface area contributed by atoms with E-state index in [2.05, 4.69) is 14.7 Å². The fourth-order valence-corrected chi connectivity index (χ4v) is 3.26. The van der Waals surface area contributed by atoms with Crippen molar-refractivity contribution in [2.45, 2.75) is 12.1 Å². The van der Waals surface area contributed by atoms with Crippen LogP contribution in [-0.4, -0.2) is 29.4 Å². The number of benzene rings is 1. The predicted molar refractivity (Wildman–Crippen MR) is 91.3 cm³/mol. The Balaban J connectivity index is 2.19. The number of rotatable bonds is 5. The highest BCUT2D eigenvalue weighted by atomic mass is 35.5. The molecule has 0 aliphatic carbocycles. The van der Waals surface area contributed by atoms with Crippen LogP contribution in [0.4, 0.5) is 5.13 Å². The van der Waals surface area contributed by atoms with Gasteiger partial charge in [-0.2, -0.15) is 14.6 Å². The second kappa shape index (κ2) is 7.53. The number of nitrogens with zero attached hydrogens (tertiary/aromatic N) is 3. The molecule has 0 aliphatic rings. The molecule has 0 spiro atoms. The lowest BCUT2D eigenvalue weighted by molar-refractivity contribution is -0.112. The van der Waals surface area contributed by atoms with E-state index >= 15 is 0 Å². The van der Waals surface area contributed by atoms with Crippen LogP contribution >= 0.6 is 23.1 Å². The maximum atomic E-state index is 12.1. The van der Waals surface area contributed by atoms with Gasteiger partial charge in [0.2, 0.25) is 15.0 Å². The topological polar surface area (TPSA) is 113 Å². The van der Waals surface area contributed by atoms with Crippen LogP contribution in [-0.2, 0) is 14.6 Å². The van der Waals surface area contributed by atoms with Gasteiger partial charge >= 0.3 is 0 Å². The summed E-state index contributed by atoms with van der Waals surface area (Å²) in [4.78, 5) is 15.9. The molecular formula is C14H11ClN4O3S2. The maximum absolute atomic E-state index is 12.1. The molecule has 1 heterocycles. The van der Waals surface area contributed by atoms with Crippen LogP contribution in [0.3, 0.4) is 0 Å². The minimum atomic E-state index is -3.55. The van der Waals surface area contributed by atoms with Gasteiger partial charge < -0.3 is 0 Å². The van der Waals surface area contributed by atoms with Gasteiger partial charge in [-0.3, -0.25) is 10.1 Å². The van der Waals surface area contributed by atoms with Crippen molar-refractivity contribution in [1.29, 1.82) is 5.26 Å². The second-order valence-corrected chi connectivity index (χ2v) is 7.82. The van der Waals surface area contributed by atoms with Crippen molar-refractivity contribution < 1.29 is 13.2 Å². The van der Waals surface area contributed by atoms with Crippen LogP contribution in [0.2, 0.25) is 5.02 Å². The molecule has 1 amide bonds. The third-order valence-corrected chi connectivity index (χ3v) is 5.33. The molecule has 24 heavy (non-hydrogen) atoms. The molecule has 0 aliphatic heterocycles. The summed E-state index contributed by atoms with van der Waals surface area (Å²) < 4.78 is 27.0. The number of sulfone groups is 1. The third kappa shape index (κ3) is 4.38. The summed E-state index contributed by atoms with van der Waals surface area (Å²) >= 11 is 6.51. The Hall–Kier alpha value is -2.28. The summed E-state index contributed by atoms with van der Waals surface area (Å²) in [6, 6.07) is 8.36. The zero-order chi connectivity index (χ0) is 17.7. The number of hydrogen-bond donors (Lipinski definition) is 1. The smallest absolute Gasteiger partial charge is 0.268 e. The van der Waals surface area contributed by atoms with Gasteiger partial charge in [0.1, 0.15) is 11.6 Å². The third-order valence-electron chi connectivity index (χ3n) is 2.83. The molecule has 0 atom stereocenters. The van der Waals surface area contributed by atoms with Crippen LogP contribution in [0.25, 0.3) is 6.08 Å². The van der Waals surface area contributed by atoms with E-state index in [1.807, 2.05) is 0 Å². The number of nitriles is 1. The molecule has 0 saturated heterocycles. The van der Waals surface area contributed by atoms with Gasteiger partial charge in [0.25, 0.3) is 11.1 Å². The molecule has 124 valence electrons. The van der Waals surface area contributed by atoms with Gasteiger partial charge in [-0.15, -0.1) is 0 Å².